The molecule has 2 N–H and O–H groups in total. The van der Waals surface area contributed by atoms with Gasteiger partial charge in [-0.1, -0.05) is 0 Å². The molecule has 0 saturated carbocycles. The molecule has 0 saturated heterocycles. The van der Waals surface area contributed by atoms with Gasteiger partial charge in [-0.25, -0.2) is 0 Å². The highest BCUT2D eigenvalue weighted by atomic mass is 16.5. The van der Waals surface area contributed by atoms with Crippen molar-refractivity contribution in [2.75, 3.05) is 13.7 Å². The maximum atomic E-state index is 10.7. The minimum absolute atomic E-state index is 0.166. The molecule has 0 aromatic carbocycles. The van der Waals surface area contributed by atoms with E-state index in [9.17, 15) is 9.59 Å². The number of rotatable bonds is 8. The summed E-state index contributed by atoms with van der Waals surface area (Å²) in [5.41, 5.74) is 0. The van der Waals surface area contributed by atoms with E-state index in [4.69, 9.17) is 5.11 Å². The Labute approximate surface area is 89.8 Å². The summed E-state index contributed by atoms with van der Waals surface area (Å²) in [6.07, 6.45) is 1.89. The SMILES string of the molecule is COC(=O)CCCN[C@H](C)CCC(=O)O. The van der Waals surface area contributed by atoms with E-state index in [2.05, 4.69) is 10.1 Å². The Morgan fingerprint density at radius 3 is 2.60 bits per heavy atom. The van der Waals surface area contributed by atoms with Crippen LogP contribution in [0.4, 0.5) is 0 Å². The molecular formula is C10H19NO4. The summed E-state index contributed by atoms with van der Waals surface area (Å²) < 4.78 is 4.49. The number of nitrogens with one attached hydrogen (secondary N) is 1. The molecule has 0 fully saturated rings. The van der Waals surface area contributed by atoms with E-state index in [1.165, 1.54) is 7.11 Å². The molecule has 0 bridgehead atoms. The number of aliphatic carboxylic acids is 1. The fourth-order valence-electron chi connectivity index (χ4n) is 1.13. The van der Waals surface area contributed by atoms with Gasteiger partial charge in [-0.3, -0.25) is 9.59 Å². The van der Waals surface area contributed by atoms with Crippen molar-refractivity contribution < 1.29 is 19.4 Å². The third-order valence-corrected chi connectivity index (χ3v) is 2.07. The number of carboxylic acids is 1. The van der Waals surface area contributed by atoms with Crippen LogP contribution >= 0.6 is 0 Å². The van der Waals surface area contributed by atoms with Crippen LogP contribution in [0, 0.1) is 0 Å². The predicted octanol–water partition coefficient (Wildman–Crippen LogP) is 0.782. The first kappa shape index (κ1) is 13.9. The molecule has 5 nitrogen and oxygen atoms in total. The van der Waals surface area contributed by atoms with Gasteiger partial charge < -0.3 is 15.2 Å². The number of methoxy groups -OCH3 is 1. The lowest BCUT2D eigenvalue weighted by molar-refractivity contribution is -0.140. The molecule has 0 amide bonds. The van der Waals surface area contributed by atoms with Crippen molar-refractivity contribution >= 4 is 11.9 Å². The molecule has 0 aliphatic carbocycles. The molecule has 0 heterocycles. The Morgan fingerprint density at radius 1 is 1.40 bits per heavy atom. The van der Waals surface area contributed by atoms with E-state index in [0.717, 1.165) is 0 Å². The van der Waals surface area contributed by atoms with E-state index in [-0.39, 0.29) is 18.4 Å². The lowest BCUT2D eigenvalue weighted by atomic mass is 10.2. The van der Waals surface area contributed by atoms with E-state index in [0.29, 0.717) is 25.8 Å². The molecule has 0 unspecified atom stereocenters. The first-order chi connectivity index (χ1) is 7.06. The summed E-state index contributed by atoms with van der Waals surface area (Å²) in [5, 5.41) is 11.6. The van der Waals surface area contributed by atoms with Gasteiger partial charge >= 0.3 is 11.9 Å². The van der Waals surface area contributed by atoms with Crippen molar-refractivity contribution in [3.63, 3.8) is 0 Å². The van der Waals surface area contributed by atoms with Crippen LogP contribution in [0.15, 0.2) is 0 Å². The van der Waals surface area contributed by atoms with Crippen LogP contribution in [0.1, 0.15) is 32.6 Å². The Balaban J connectivity index is 3.34. The van der Waals surface area contributed by atoms with Crippen LogP contribution in [0.3, 0.4) is 0 Å². The predicted molar refractivity (Wildman–Crippen MR) is 55.6 cm³/mol. The fourth-order valence-corrected chi connectivity index (χ4v) is 1.13. The third kappa shape index (κ3) is 9.21. The summed E-state index contributed by atoms with van der Waals surface area (Å²) >= 11 is 0. The van der Waals surface area contributed by atoms with Gasteiger partial charge in [-0.05, 0) is 26.3 Å². The molecule has 0 spiro atoms. The molecule has 1 atom stereocenters. The Hall–Kier alpha value is -1.10. The van der Waals surface area contributed by atoms with Crippen LogP contribution in [-0.4, -0.2) is 36.7 Å². The average Bonchev–Trinajstić information content (AvgIpc) is 2.21. The van der Waals surface area contributed by atoms with Gasteiger partial charge in [0.1, 0.15) is 0 Å². The lowest BCUT2D eigenvalue weighted by Crippen LogP contribution is -2.28. The van der Waals surface area contributed by atoms with Crippen molar-refractivity contribution in [3.05, 3.63) is 0 Å². The minimum atomic E-state index is -0.779. The number of hydrogen-bond donors (Lipinski definition) is 2. The summed E-state index contributed by atoms with van der Waals surface area (Å²) in [6, 6.07) is 0.166. The van der Waals surface area contributed by atoms with E-state index in [1.54, 1.807) is 0 Å². The maximum absolute atomic E-state index is 10.7. The number of ether oxygens (including phenoxy) is 1. The zero-order valence-electron chi connectivity index (χ0n) is 9.28. The van der Waals surface area contributed by atoms with Crippen LogP contribution in [0.5, 0.6) is 0 Å². The third-order valence-electron chi connectivity index (χ3n) is 2.07. The molecule has 0 aliphatic rings. The molecular weight excluding hydrogens is 198 g/mol. The van der Waals surface area contributed by atoms with Gasteiger partial charge in [-0.15, -0.1) is 0 Å². The van der Waals surface area contributed by atoms with Crippen LogP contribution in [0.25, 0.3) is 0 Å². The minimum Gasteiger partial charge on any atom is -0.481 e. The summed E-state index contributed by atoms with van der Waals surface area (Å²) in [4.78, 5) is 21.0. The normalized spacial score (nSPS) is 12.1. The highest BCUT2D eigenvalue weighted by molar-refractivity contribution is 5.69. The Bertz CT molecular complexity index is 206. The molecule has 0 radical (unpaired) electrons. The highest BCUT2D eigenvalue weighted by Crippen LogP contribution is 1.97. The van der Waals surface area contributed by atoms with Crippen LogP contribution in [0.2, 0.25) is 0 Å². The Kier molecular flexibility index (Phi) is 7.62. The first-order valence-electron chi connectivity index (χ1n) is 5.08. The van der Waals surface area contributed by atoms with E-state index < -0.39 is 5.97 Å². The Morgan fingerprint density at radius 2 is 2.07 bits per heavy atom. The fraction of sp³-hybridized carbons (Fsp3) is 0.800. The van der Waals surface area contributed by atoms with Crippen molar-refractivity contribution in [2.45, 2.75) is 38.6 Å². The highest BCUT2D eigenvalue weighted by Gasteiger charge is 2.05. The van der Waals surface area contributed by atoms with Gasteiger partial charge in [-0.2, -0.15) is 0 Å². The quantitative estimate of drug-likeness (QED) is 0.464. The zero-order valence-corrected chi connectivity index (χ0v) is 9.28. The number of carbonyl (C=O) groups is 2. The molecule has 5 heteroatoms. The largest absolute Gasteiger partial charge is 0.481 e. The number of carbonyl (C=O) groups excluding carboxylic acids is 1. The smallest absolute Gasteiger partial charge is 0.305 e. The van der Waals surface area contributed by atoms with Gasteiger partial charge in [0.15, 0.2) is 0 Å². The number of esters is 1. The van der Waals surface area contributed by atoms with E-state index >= 15 is 0 Å². The number of carboxylic acid groups (broad SMARTS) is 1. The monoisotopic (exact) mass is 217 g/mol. The molecule has 0 aliphatic heterocycles. The van der Waals surface area contributed by atoms with Gasteiger partial charge in [0, 0.05) is 18.9 Å². The zero-order chi connectivity index (χ0) is 11.7. The first-order valence-corrected chi connectivity index (χ1v) is 5.08. The van der Waals surface area contributed by atoms with Gasteiger partial charge in [0.05, 0.1) is 7.11 Å². The van der Waals surface area contributed by atoms with Gasteiger partial charge in [0.25, 0.3) is 0 Å². The summed E-state index contributed by atoms with van der Waals surface area (Å²) in [5.74, 6) is -0.992. The standard InChI is InChI=1S/C10H19NO4/c1-8(5-6-9(12)13)11-7-3-4-10(14)15-2/h8,11H,3-7H2,1-2H3,(H,12,13)/t8-/m1/s1. The van der Waals surface area contributed by atoms with Crippen LogP contribution < -0.4 is 5.32 Å². The number of hydrogen-bond acceptors (Lipinski definition) is 4. The maximum Gasteiger partial charge on any atom is 0.305 e. The molecule has 15 heavy (non-hydrogen) atoms. The van der Waals surface area contributed by atoms with E-state index in [1.807, 2.05) is 6.92 Å². The molecule has 0 aromatic rings. The van der Waals surface area contributed by atoms with Crippen LogP contribution in [-0.2, 0) is 14.3 Å². The second kappa shape index (κ2) is 8.23. The molecule has 0 aromatic heterocycles. The average molecular weight is 217 g/mol. The lowest BCUT2D eigenvalue weighted by Gasteiger charge is -2.11. The molecule has 0 rings (SSSR count). The van der Waals surface area contributed by atoms with Crippen molar-refractivity contribution in [2.24, 2.45) is 0 Å². The second-order valence-electron chi connectivity index (χ2n) is 3.47. The van der Waals surface area contributed by atoms with Gasteiger partial charge in [0.2, 0.25) is 0 Å². The molecule has 88 valence electrons. The summed E-state index contributed by atoms with van der Waals surface area (Å²) in [6.45, 7) is 2.64. The summed E-state index contributed by atoms with van der Waals surface area (Å²) in [7, 11) is 1.37. The van der Waals surface area contributed by atoms with Crippen molar-refractivity contribution in [1.82, 2.24) is 5.32 Å². The van der Waals surface area contributed by atoms with Crippen molar-refractivity contribution in [3.8, 4) is 0 Å². The van der Waals surface area contributed by atoms with Crippen molar-refractivity contribution in [1.29, 1.82) is 0 Å². The topological polar surface area (TPSA) is 75.6 Å². The second-order valence-corrected chi connectivity index (χ2v) is 3.47.